The average Bonchev–Trinajstić information content (AvgIpc) is 3.05. The predicted molar refractivity (Wildman–Crippen MR) is 109 cm³/mol. The van der Waals surface area contributed by atoms with Crippen LogP contribution in [-0.4, -0.2) is 47.9 Å². The minimum atomic E-state index is -0.473. The van der Waals surface area contributed by atoms with Gasteiger partial charge in [-0.2, -0.15) is 0 Å². The second-order valence-electron chi connectivity index (χ2n) is 7.35. The van der Waals surface area contributed by atoms with E-state index in [0.29, 0.717) is 28.1 Å². The molecule has 7 heteroatoms. The monoisotopic (exact) mass is 397 g/mol. The number of aromatic nitrogens is 1. The first kappa shape index (κ1) is 20.6. The molecule has 1 aliphatic rings. The van der Waals surface area contributed by atoms with Gasteiger partial charge in [-0.25, -0.2) is 4.79 Å². The number of likely N-dealkylation sites (tertiary alicyclic amines) is 1. The van der Waals surface area contributed by atoms with Crippen molar-refractivity contribution in [2.75, 3.05) is 20.2 Å². The topological polar surface area (TPSA) is 91.5 Å². The number of hydrogen-bond donors (Lipinski definition) is 2. The van der Waals surface area contributed by atoms with Crippen LogP contribution in [0.4, 0.5) is 0 Å². The number of nitrogens with zero attached hydrogens (tertiary/aromatic N) is 1. The Balaban J connectivity index is 1.68. The van der Waals surface area contributed by atoms with E-state index in [1.807, 2.05) is 29.2 Å². The zero-order valence-electron chi connectivity index (χ0n) is 17.1. The van der Waals surface area contributed by atoms with Crippen LogP contribution in [0, 0.1) is 13.8 Å². The number of methoxy groups -OCH3 is 1. The molecule has 1 aromatic heterocycles. The van der Waals surface area contributed by atoms with Crippen molar-refractivity contribution in [3.63, 3.8) is 0 Å². The summed E-state index contributed by atoms with van der Waals surface area (Å²) in [6, 6.07) is 7.34. The molecule has 0 radical (unpaired) electrons. The number of ether oxygens (including phenoxy) is 1. The van der Waals surface area contributed by atoms with E-state index in [4.69, 9.17) is 4.74 Å². The predicted octanol–water partition coefficient (Wildman–Crippen LogP) is 2.97. The molecule has 7 nitrogen and oxygen atoms in total. The molecule has 0 unspecified atom stereocenters. The molecule has 29 heavy (non-hydrogen) atoms. The molecule has 2 amide bonds. The second kappa shape index (κ2) is 8.94. The summed E-state index contributed by atoms with van der Waals surface area (Å²) in [7, 11) is 1.31. The standard InChI is InChI=1S/C22H27N3O4/c1-14-18(22(28)29-3)15(2)24-19(14)20(26)23-13-16-8-7-9-17(12-16)21(27)25-10-5-4-6-11-25/h7-9,12,24H,4-6,10-11,13H2,1-3H3,(H,23,26). The summed E-state index contributed by atoms with van der Waals surface area (Å²) >= 11 is 0. The number of H-pyrrole nitrogens is 1. The SMILES string of the molecule is COC(=O)c1c(C)[nH]c(C(=O)NCc2cccc(C(=O)N3CCCCC3)c2)c1C. The van der Waals surface area contributed by atoms with Crippen LogP contribution in [0.3, 0.4) is 0 Å². The number of benzene rings is 1. The average molecular weight is 397 g/mol. The fourth-order valence-electron chi connectivity index (χ4n) is 3.75. The molecule has 154 valence electrons. The summed E-state index contributed by atoms with van der Waals surface area (Å²) in [5, 5.41) is 2.85. The minimum Gasteiger partial charge on any atom is -0.465 e. The van der Waals surface area contributed by atoms with Crippen LogP contribution in [0.25, 0.3) is 0 Å². The summed E-state index contributed by atoms with van der Waals surface area (Å²) in [4.78, 5) is 42.0. The van der Waals surface area contributed by atoms with Crippen molar-refractivity contribution in [2.45, 2.75) is 39.7 Å². The fourth-order valence-corrected chi connectivity index (χ4v) is 3.75. The molecule has 2 N–H and O–H groups in total. The van der Waals surface area contributed by atoms with Crippen LogP contribution in [0.1, 0.15) is 67.3 Å². The molecule has 0 atom stereocenters. The van der Waals surface area contributed by atoms with Crippen LogP contribution < -0.4 is 5.32 Å². The van der Waals surface area contributed by atoms with Crippen molar-refractivity contribution in [3.05, 3.63) is 57.9 Å². The highest BCUT2D eigenvalue weighted by Gasteiger charge is 2.22. The van der Waals surface area contributed by atoms with Gasteiger partial charge in [-0.05, 0) is 56.4 Å². The van der Waals surface area contributed by atoms with E-state index < -0.39 is 5.97 Å². The van der Waals surface area contributed by atoms with Gasteiger partial charge in [-0.3, -0.25) is 9.59 Å². The van der Waals surface area contributed by atoms with E-state index >= 15 is 0 Å². The van der Waals surface area contributed by atoms with Gasteiger partial charge in [0.1, 0.15) is 5.69 Å². The molecule has 1 saturated heterocycles. The zero-order chi connectivity index (χ0) is 21.0. The molecule has 1 aliphatic heterocycles. The first-order valence-electron chi connectivity index (χ1n) is 9.86. The molecule has 0 spiro atoms. The highest BCUT2D eigenvalue weighted by molar-refractivity contribution is 6.00. The molecule has 0 aliphatic carbocycles. The van der Waals surface area contributed by atoms with Crippen molar-refractivity contribution in [1.29, 1.82) is 0 Å². The number of hydrogen-bond acceptors (Lipinski definition) is 4. The number of amides is 2. The summed E-state index contributed by atoms with van der Waals surface area (Å²) in [6.45, 7) is 5.32. The van der Waals surface area contributed by atoms with Crippen LogP contribution in [0.5, 0.6) is 0 Å². The molecular weight excluding hydrogens is 370 g/mol. The minimum absolute atomic E-state index is 0.0384. The Morgan fingerprint density at radius 3 is 2.55 bits per heavy atom. The number of esters is 1. The van der Waals surface area contributed by atoms with Crippen LogP contribution in [0.2, 0.25) is 0 Å². The van der Waals surface area contributed by atoms with Gasteiger partial charge in [0.2, 0.25) is 0 Å². The lowest BCUT2D eigenvalue weighted by Crippen LogP contribution is -2.35. The lowest BCUT2D eigenvalue weighted by atomic mass is 10.1. The Hall–Kier alpha value is -3.09. The van der Waals surface area contributed by atoms with Crippen LogP contribution >= 0.6 is 0 Å². The van der Waals surface area contributed by atoms with Gasteiger partial charge in [0.05, 0.1) is 12.7 Å². The van der Waals surface area contributed by atoms with Crippen molar-refractivity contribution in [3.8, 4) is 0 Å². The lowest BCUT2D eigenvalue weighted by Gasteiger charge is -2.26. The molecule has 0 saturated carbocycles. The fraction of sp³-hybridized carbons (Fsp3) is 0.409. The third-order valence-corrected chi connectivity index (χ3v) is 5.32. The number of aryl methyl sites for hydroxylation is 1. The van der Waals surface area contributed by atoms with E-state index in [9.17, 15) is 14.4 Å². The van der Waals surface area contributed by atoms with Crippen molar-refractivity contribution < 1.29 is 19.1 Å². The molecule has 0 bridgehead atoms. The van der Waals surface area contributed by atoms with Crippen LogP contribution in [-0.2, 0) is 11.3 Å². The van der Waals surface area contributed by atoms with Gasteiger partial charge in [-0.1, -0.05) is 12.1 Å². The summed E-state index contributed by atoms with van der Waals surface area (Å²) < 4.78 is 4.78. The Morgan fingerprint density at radius 1 is 1.14 bits per heavy atom. The highest BCUT2D eigenvalue weighted by atomic mass is 16.5. The number of nitrogens with one attached hydrogen (secondary N) is 2. The van der Waals surface area contributed by atoms with E-state index in [0.717, 1.165) is 31.5 Å². The quantitative estimate of drug-likeness (QED) is 0.759. The Morgan fingerprint density at radius 2 is 1.86 bits per heavy atom. The van der Waals surface area contributed by atoms with Gasteiger partial charge in [0.15, 0.2) is 0 Å². The van der Waals surface area contributed by atoms with Crippen molar-refractivity contribution in [2.24, 2.45) is 0 Å². The highest BCUT2D eigenvalue weighted by Crippen LogP contribution is 2.19. The smallest absolute Gasteiger partial charge is 0.339 e. The summed E-state index contributed by atoms with van der Waals surface area (Å²) in [5.74, 6) is -0.746. The van der Waals surface area contributed by atoms with Crippen molar-refractivity contribution >= 4 is 17.8 Å². The van der Waals surface area contributed by atoms with E-state index in [1.54, 1.807) is 13.8 Å². The maximum atomic E-state index is 12.7. The number of rotatable bonds is 5. The second-order valence-corrected chi connectivity index (χ2v) is 7.35. The Kier molecular flexibility index (Phi) is 6.36. The summed E-state index contributed by atoms with van der Waals surface area (Å²) in [6.07, 6.45) is 3.26. The normalized spacial score (nSPS) is 13.8. The summed E-state index contributed by atoms with van der Waals surface area (Å²) in [5.41, 5.74) is 3.35. The molecular formula is C22H27N3O4. The molecule has 2 heterocycles. The van der Waals surface area contributed by atoms with Crippen LogP contribution in [0.15, 0.2) is 24.3 Å². The number of aromatic amines is 1. The zero-order valence-corrected chi connectivity index (χ0v) is 17.1. The van der Waals surface area contributed by atoms with E-state index in [-0.39, 0.29) is 18.4 Å². The van der Waals surface area contributed by atoms with Crippen molar-refractivity contribution in [1.82, 2.24) is 15.2 Å². The molecule has 1 fully saturated rings. The molecule has 3 rings (SSSR count). The van der Waals surface area contributed by atoms with Gasteiger partial charge in [0.25, 0.3) is 11.8 Å². The Bertz CT molecular complexity index is 926. The lowest BCUT2D eigenvalue weighted by molar-refractivity contribution is 0.0599. The maximum absolute atomic E-state index is 12.7. The van der Waals surface area contributed by atoms with Gasteiger partial charge >= 0.3 is 5.97 Å². The van der Waals surface area contributed by atoms with Gasteiger partial charge in [0, 0.05) is 30.9 Å². The Labute approximate surface area is 170 Å². The number of piperidine rings is 1. The first-order valence-corrected chi connectivity index (χ1v) is 9.86. The van der Waals surface area contributed by atoms with E-state index in [1.165, 1.54) is 13.5 Å². The third-order valence-electron chi connectivity index (χ3n) is 5.32. The third kappa shape index (κ3) is 4.50. The number of carbonyl (C=O) groups excluding carboxylic acids is 3. The van der Waals surface area contributed by atoms with E-state index in [2.05, 4.69) is 10.3 Å². The largest absolute Gasteiger partial charge is 0.465 e. The number of carbonyl (C=O) groups is 3. The van der Waals surface area contributed by atoms with Gasteiger partial charge in [-0.15, -0.1) is 0 Å². The molecule has 1 aromatic carbocycles. The van der Waals surface area contributed by atoms with Gasteiger partial charge < -0.3 is 19.9 Å². The first-order chi connectivity index (χ1) is 13.9. The molecule has 2 aromatic rings. The maximum Gasteiger partial charge on any atom is 0.339 e.